The first kappa shape index (κ1) is 84.5. The van der Waals surface area contributed by atoms with Gasteiger partial charge in [0.2, 0.25) is 0 Å². The van der Waals surface area contributed by atoms with Crippen molar-refractivity contribution in [2.75, 3.05) is 81.7 Å². The minimum Gasteiger partial charge on any atom is -0.463 e. The number of carbonyl (C=O) groups excluding carboxylic acids is 6. The van der Waals surface area contributed by atoms with E-state index in [0.717, 1.165) is 4.90 Å². The van der Waals surface area contributed by atoms with E-state index in [0.29, 0.717) is 0 Å². The number of rotatable bonds is 29. The lowest BCUT2D eigenvalue weighted by Gasteiger charge is -2.52. The van der Waals surface area contributed by atoms with Gasteiger partial charge >= 0.3 is 23.9 Å². The Kier molecular flexibility index (Phi) is 30.2. The van der Waals surface area contributed by atoms with Crippen LogP contribution in [0.25, 0.3) is 0 Å². The lowest BCUT2D eigenvalue weighted by molar-refractivity contribution is -0.381. The van der Waals surface area contributed by atoms with Gasteiger partial charge in [-0.1, -0.05) is 95.2 Å². The topological polar surface area (TPSA) is 309 Å². The molecule has 0 radical (unpaired) electrons. The van der Waals surface area contributed by atoms with Crippen molar-refractivity contribution in [1.82, 2.24) is 4.90 Å². The Hall–Kier alpha value is -4.48. The van der Waals surface area contributed by atoms with Gasteiger partial charge in [-0.2, -0.15) is 0 Å². The molecule has 2 amide bonds. The largest absolute Gasteiger partial charge is 0.463 e. The fourth-order valence-corrected chi connectivity index (χ4v) is 16.5. The summed E-state index contributed by atoms with van der Waals surface area (Å²) in [6.07, 6.45) is -18.4. The Balaban J connectivity index is 0.934. The fraction of sp³-hybridized carbons (Fsp3) is 0.842. The summed E-state index contributed by atoms with van der Waals surface area (Å²) in [5, 5.41) is 0. The van der Waals surface area contributed by atoms with Crippen LogP contribution in [0.1, 0.15) is 138 Å². The standard InChI is InChI=1S/C76H119NO28/c1-34-36(3)54(31-89-47(14)78)95-71(40(34)7)102-65-45(12)68(93-50(17)81)76(99-59(65)33-91-49(16)80)103-60-38(5)41(8)72(94-53(60)27-77-69(82)51-25-23-24-26-52(51)70(77)83)100-63-43(10)67(88-22)75(98-56(63)29-85-19)105-62-39(6)42(9)73(96-55(62)28-84-18)101-64-44(11)66(87-21)74(97-57(64)30-86-20)104-61-37(4)35(2)46(13)92-58(61)32-90-48(15)79/h23-26,34-46,53-68,71-76H,27-33H2,1-22H3/t34?,35?,36-,37+,38+,39?,40?,41?,42?,43-,44?,45?,46-,53?,54+,55+,56?,57+,58?,59+,60+,61+,62-,63+,64-,65-,66?,67?,68?,71+,72-,73+,74+,75-,76+/m0/s1. The van der Waals surface area contributed by atoms with Gasteiger partial charge in [0.25, 0.3) is 11.8 Å². The molecule has 596 valence electrons. The van der Waals surface area contributed by atoms with Crippen molar-refractivity contribution in [2.45, 2.75) is 259 Å². The van der Waals surface area contributed by atoms with Gasteiger partial charge in [-0.05, 0) is 54.6 Å². The van der Waals surface area contributed by atoms with Crippen molar-refractivity contribution in [3.8, 4) is 0 Å². The third kappa shape index (κ3) is 19.1. The van der Waals surface area contributed by atoms with Crippen molar-refractivity contribution >= 4 is 35.7 Å². The number of hydrogen-bond donors (Lipinski definition) is 0. The highest BCUT2D eigenvalue weighted by molar-refractivity contribution is 6.21. The van der Waals surface area contributed by atoms with Gasteiger partial charge in [-0.3, -0.25) is 33.7 Å². The van der Waals surface area contributed by atoms with E-state index in [4.69, 9.17) is 104 Å². The summed E-state index contributed by atoms with van der Waals surface area (Å²) in [5.41, 5.74) is 0.456. The molecule has 35 atom stereocenters. The molecule has 14 unspecified atom stereocenters. The Bertz CT molecular complexity index is 2980. The van der Waals surface area contributed by atoms with E-state index in [9.17, 15) is 28.8 Å². The number of amides is 2. The molecule has 29 heteroatoms. The number of esters is 4. The van der Waals surface area contributed by atoms with Gasteiger partial charge in [0.1, 0.15) is 68.7 Å². The van der Waals surface area contributed by atoms with Gasteiger partial charge < -0.3 is 104 Å². The van der Waals surface area contributed by atoms with Crippen LogP contribution in [0.5, 0.6) is 0 Å². The molecule has 1 aromatic rings. The Labute approximate surface area is 618 Å². The van der Waals surface area contributed by atoms with E-state index in [1.165, 1.54) is 27.7 Å². The minimum atomic E-state index is -1.37. The second-order valence-electron chi connectivity index (χ2n) is 30.6. The van der Waals surface area contributed by atoms with Crippen LogP contribution in [0.4, 0.5) is 0 Å². The molecule has 0 N–H and O–H groups in total. The average Bonchev–Trinajstić information content (AvgIpc) is 1.39. The molecule has 0 bridgehead atoms. The molecule has 0 aliphatic carbocycles. The highest BCUT2D eigenvalue weighted by Crippen LogP contribution is 2.46. The third-order valence-corrected chi connectivity index (χ3v) is 23.9. The summed E-state index contributed by atoms with van der Waals surface area (Å²) >= 11 is 0. The maximum Gasteiger partial charge on any atom is 0.303 e. The van der Waals surface area contributed by atoms with E-state index in [1.54, 1.807) is 59.8 Å². The van der Waals surface area contributed by atoms with Crippen molar-refractivity contribution in [2.24, 2.45) is 71.0 Å². The van der Waals surface area contributed by atoms with E-state index in [2.05, 4.69) is 27.7 Å². The summed E-state index contributed by atoms with van der Waals surface area (Å²) < 4.78 is 142. The number of carbonyl (C=O) groups is 6. The molecule has 8 aliphatic heterocycles. The summed E-state index contributed by atoms with van der Waals surface area (Å²) in [5.74, 6) is -6.28. The van der Waals surface area contributed by atoms with E-state index in [1.807, 2.05) is 62.3 Å². The molecule has 29 nitrogen and oxygen atoms in total. The molecule has 8 aliphatic rings. The number of hydrogen-bond acceptors (Lipinski definition) is 28. The summed E-state index contributed by atoms with van der Waals surface area (Å²) in [7, 11) is 7.93. The van der Waals surface area contributed by atoms with Crippen molar-refractivity contribution < 1.29 is 133 Å². The molecule has 105 heavy (non-hydrogen) atoms. The minimum absolute atomic E-state index is 0.00248. The van der Waals surface area contributed by atoms with Gasteiger partial charge in [0, 0.05) is 98.8 Å². The predicted molar refractivity (Wildman–Crippen MR) is 370 cm³/mol. The van der Waals surface area contributed by atoms with E-state index < -0.39 is 195 Å². The third-order valence-electron chi connectivity index (χ3n) is 23.9. The first-order chi connectivity index (χ1) is 49.9. The Morgan fingerprint density at radius 3 is 1.02 bits per heavy atom. The van der Waals surface area contributed by atoms with E-state index in [-0.39, 0.29) is 111 Å². The quantitative estimate of drug-likeness (QED) is 0.0445. The van der Waals surface area contributed by atoms with Crippen molar-refractivity contribution in [3.05, 3.63) is 35.4 Å². The highest BCUT2D eigenvalue weighted by Gasteiger charge is 2.58. The summed E-state index contributed by atoms with van der Waals surface area (Å²) in [6, 6.07) is 6.57. The fourth-order valence-electron chi connectivity index (χ4n) is 16.5. The lowest BCUT2D eigenvalue weighted by Crippen LogP contribution is -2.64. The molecule has 0 saturated carbocycles. The van der Waals surface area contributed by atoms with Crippen LogP contribution in [0.3, 0.4) is 0 Å². The molecule has 9 rings (SSSR count). The molecular weight excluding hydrogens is 1370 g/mol. The Morgan fingerprint density at radius 2 is 0.629 bits per heavy atom. The monoisotopic (exact) mass is 1490 g/mol. The Morgan fingerprint density at radius 1 is 0.324 bits per heavy atom. The maximum absolute atomic E-state index is 14.3. The highest BCUT2D eigenvalue weighted by atomic mass is 16.8. The molecule has 7 fully saturated rings. The summed E-state index contributed by atoms with van der Waals surface area (Å²) in [4.78, 5) is 79.6. The second-order valence-corrected chi connectivity index (χ2v) is 30.6. The van der Waals surface area contributed by atoms with Crippen molar-refractivity contribution in [3.63, 3.8) is 0 Å². The van der Waals surface area contributed by atoms with Crippen LogP contribution >= 0.6 is 0 Å². The number of ether oxygens (including phenoxy) is 22. The predicted octanol–water partition coefficient (Wildman–Crippen LogP) is 6.95. The van der Waals surface area contributed by atoms with Crippen LogP contribution in [0.2, 0.25) is 0 Å². The first-order valence-electron chi connectivity index (χ1n) is 37.4. The number of methoxy groups -OCH3 is 5. The first-order valence-corrected chi connectivity index (χ1v) is 37.4. The molecule has 0 spiro atoms. The zero-order valence-electron chi connectivity index (χ0n) is 65.3. The van der Waals surface area contributed by atoms with Gasteiger partial charge in [0.15, 0.2) is 43.8 Å². The normalized spacial score (nSPS) is 43.1. The van der Waals surface area contributed by atoms with Crippen LogP contribution in [0.15, 0.2) is 24.3 Å². The molecule has 7 saturated heterocycles. The van der Waals surface area contributed by atoms with Gasteiger partial charge in [-0.15, -0.1) is 0 Å². The summed E-state index contributed by atoms with van der Waals surface area (Å²) in [6.45, 7) is 31.1. The zero-order chi connectivity index (χ0) is 76.7. The van der Waals surface area contributed by atoms with Crippen molar-refractivity contribution in [1.29, 1.82) is 0 Å². The molecule has 0 aromatic heterocycles. The SMILES string of the molecule is COCC1O[C@@H](O[C@H]2C(C)C(C)[C@@H](O[C@H]3C(C)C(OC)[C@@H](O[C@H]4C(COC(C)=O)O[C@@H](C)C(C)[C@H]4C)O[C@@H]3COC)O[C@@H]2COC)C(OC)[C@@H](C)[C@H]1O[C@@H]1OC(CN2C(=O)c3ccccc3C2=O)[C@H](O[C@H]2O[C@H](COC(C)=O)[C@@H](O[C@H]3O[C@H](COC(C)=O)[C@@H](C)C(C)C3C)C(C)C2OC(C)=O)[C@H](C)C1C. The van der Waals surface area contributed by atoms with E-state index >= 15 is 0 Å². The number of fused-ring (bicyclic) bond motifs is 1. The molecule has 8 heterocycles. The van der Waals surface area contributed by atoms with Gasteiger partial charge in [-0.25, -0.2) is 0 Å². The lowest BCUT2D eigenvalue weighted by atomic mass is 9.79. The van der Waals surface area contributed by atoms with Crippen LogP contribution in [-0.4, -0.2) is 264 Å². The second kappa shape index (κ2) is 37.5. The van der Waals surface area contributed by atoms with Crippen LogP contribution < -0.4 is 0 Å². The average molecular weight is 1490 g/mol. The smallest absolute Gasteiger partial charge is 0.303 e. The molecule has 1 aromatic carbocycles. The van der Waals surface area contributed by atoms with Crippen LogP contribution in [-0.2, 0) is 123 Å². The number of nitrogens with zero attached hydrogens (tertiary/aromatic N) is 1. The van der Waals surface area contributed by atoms with Gasteiger partial charge in [0.05, 0.1) is 86.3 Å². The maximum atomic E-state index is 14.3. The number of benzene rings is 1. The zero-order valence-corrected chi connectivity index (χ0v) is 65.3. The molecular formula is C76H119NO28. The van der Waals surface area contributed by atoms with Crippen LogP contribution in [0, 0.1) is 71.0 Å². The number of imide groups is 1.